The first kappa shape index (κ1) is 22.6. The number of rotatable bonds is 5. The first-order valence-electron chi connectivity index (χ1n) is 11.7. The van der Waals surface area contributed by atoms with Crippen molar-refractivity contribution in [1.29, 1.82) is 0 Å². The van der Waals surface area contributed by atoms with E-state index in [4.69, 9.17) is 5.11 Å². The van der Waals surface area contributed by atoms with E-state index >= 15 is 0 Å². The maximum Gasteiger partial charge on any atom is 0.335 e. The molecule has 0 saturated carbocycles. The lowest BCUT2D eigenvalue weighted by atomic mass is 9.88. The highest BCUT2D eigenvalue weighted by molar-refractivity contribution is 6.46. The number of hydrogen-bond acceptors (Lipinski definition) is 4. The van der Waals surface area contributed by atoms with Crippen LogP contribution in [0.15, 0.2) is 78.4 Å². The first-order valence-corrected chi connectivity index (χ1v) is 11.7. The molecule has 1 saturated heterocycles. The van der Waals surface area contributed by atoms with Gasteiger partial charge in [0, 0.05) is 12.1 Å². The van der Waals surface area contributed by atoms with Crippen LogP contribution in [0.1, 0.15) is 57.1 Å². The second-order valence-electron chi connectivity index (χ2n) is 9.03. The van der Waals surface area contributed by atoms with E-state index in [1.807, 2.05) is 48.5 Å². The number of carboxylic acid groups (broad SMARTS) is 1. The summed E-state index contributed by atoms with van der Waals surface area (Å²) in [4.78, 5) is 39.1. The molecule has 3 aromatic carbocycles. The summed E-state index contributed by atoms with van der Waals surface area (Å²) >= 11 is 0. The van der Waals surface area contributed by atoms with E-state index in [0.29, 0.717) is 16.7 Å². The number of carboxylic acids is 1. The van der Waals surface area contributed by atoms with Crippen LogP contribution in [0, 0.1) is 0 Å². The number of fused-ring (bicyclic) bond motifs is 1. The van der Waals surface area contributed by atoms with E-state index in [1.165, 1.54) is 28.2 Å². The van der Waals surface area contributed by atoms with Crippen molar-refractivity contribution in [1.82, 2.24) is 4.90 Å². The van der Waals surface area contributed by atoms with Gasteiger partial charge in [-0.05, 0) is 66.1 Å². The summed E-state index contributed by atoms with van der Waals surface area (Å²) in [5, 5.41) is 20.5. The number of likely N-dealkylation sites (tertiary alicyclic amines) is 1. The molecule has 2 aliphatic rings. The predicted octanol–water partition coefficient (Wildman–Crippen LogP) is 4.89. The molecule has 176 valence electrons. The molecule has 0 spiro atoms. The maximum absolute atomic E-state index is 13.2. The van der Waals surface area contributed by atoms with Gasteiger partial charge in [0.15, 0.2) is 0 Å². The summed E-state index contributed by atoms with van der Waals surface area (Å²) in [6.45, 7) is 0.102. The van der Waals surface area contributed by atoms with Crippen LogP contribution in [0.25, 0.3) is 5.76 Å². The molecule has 1 amide bonds. The molecule has 6 heteroatoms. The Morgan fingerprint density at radius 1 is 0.829 bits per heavy atom. The third-order valence-electron chi connectivity index (χ3n) is 6.83. The monoisotopic (exact) mass is 467 g/mol. The van der Waals surface area contributed by atoms with Gasteiger partial charge < -0.3 is 15.1 Å². The number of aliphatic hydroxyl groups excluding tert-OH is 1. The molecule has 0 bridgehead atoms. The van der Waals surface area contributed by atoms with E-state index in [9.17, 15) is 19.5 Å². The van der Waals surface area contributed by atoms with Gasteiger partial charge in [-0.15, -0.1) is 0 Å². The average molecular weight is 468 g/mol. The normalized spacial score (nSPS) is 19.0. The molecule has 1 unspecified atom stereocenters. The minimum atomic E-state index is -1.04. The Labute approximate surface area is 203 Å². The number of hydrogen-bond donors (Lipinski definition) is 2. The fraction of sp³-hybridized carbons (Fsp3) is 0.207. The van der Waals surface area contributed by atoms with E-state index in [0.717, 1.165) is 25.7 Å². The highest BCUT2D eigenvalue weighted by atomic mass is 16.4. The van der Waals surface area contributed by atoms with Gasteiger partial charge in [0.2, 0.25) is 0 Å². The Kier molecular flexibility index (Phi) is 5.95. The second-order valence-corrected chi connectivity index (χ2v) is 9.03. The van der Waals surface area contributed by atoms with Crippen molar-refractivity contribution in [3.63, 3.8) is 0 Å². The number of nitrogens with zero attached hydrogens (tertiary/aromatic N) is 1. The average Bonchev–Trinajstić information content (AvgIpc) is 3.13. The molecular formula is C29H25NO5. The third-order valence-corrected chi connectivity index (χ3v) is 6.83. The molecule has 3 aromatic rings. The molecule has 6 nitrogen and oxygen atoms in total. The Balaban J connectivity index is 1.58. The molecule has 1 aliphatic carbocycles. The lowest BCUT2D eigenvalue weighted by molar-refractivity contribution is -0.140. The third kappa shape index (κ3) is 4.23. The van der Waals surface area contributed by atoms with Crippen molar-refractivity contribution in [2.75, 3.05) is 0 Å². The first-order chi connectivity index (χ1) is 16.9. The number of aryl methyl sites for hydroxylation is 2. The van der Waals surface area contributed by atoms with E-state index in [2.05, 4.69) is 0 Å². The van der Waals surface area contributed by atoms with Crippen LogP contribution in [0.4, 0.5) is 0 Å². The summed E-state index contributed by atoms with van der Waals surface area (Å²) < 4.78 is 0. The van der Waals surface area contributed by atoms with Crippen LogP contribution in [0.5, 0.6) is 0 Å². The van der Waals surface area contributed by atoms with Crippen molar-refractivity contribution < 1.29 is 24.6 Å². The second kappa shape index (κ2) is 9.22. The molecule has 1 fully saturated rings. The molecule has 1 atom stereocenters. The van der Waals surface area contributed by atoms with Gasteiger partial charge in [0.1, 0.15) is 5.76 Å². The highest BCUT2D eigenvalue weighted by Crippen LogP contribution is 2.40. The Bertz CT molecular complexity index is 1340. The topological polar surface area (TPSA) is 94.9 Å². The number of aliphatic hydroxyl groups is 1. The molecule has 1 heterocycles. The number of carbonyl (C=O) groups is 3. The van der Waals surface area contributed by atoms with Crippen molar-refractivity contribution in [3.05, 3.63) is 112 Å². The summed E-state index contributed by atoms with van der Waals surface area (Å²) in [7, 11) is 0. The number of aromatic carboxylic acids is 1. The zero-order chi connectivity index (χ0) is 24.5. The van der Waals surface area contributed by atoms with Crippen LogP contribution in [0.2, 0.25) is 0 Å². The van der Waals surface area contributed by atoms with Crippen molar-refractivity contribution in [2.45, 2.75) is 38.3 Å². The number of amides is 1. The Morgan fingerprint density at radius 2 is 1.49 bits per heavy atom. The lowest BCUT2D eigenvalue weighted by Crippen LogP contribution is -2.29. The SMILES string of the molecule is O=C1C(=O)N(Cc2ccc(C(=O)O)cc2)C(c2ccccc2)/C1=C(/O)c1ccc2c(c1)CCCC2. The molecule has 1 aliphatic heterocycles. The van der Waals surface area contributed by atoms with E-state index in [-0.39, 0.29) is 23.4 Å². The van der Waals surface area contributed by atoms with Crippen LogP contribution in [-0.2, 0) is 29.0 Å². The lowest BCUT2D eigenvalue weighted by Gasteiger charge is -2.25. The van der Waals surface area contributed by atoms with Crippen molar-refractivity contribution in [2.24, 2.45) is 0 Å². The molecular weight excluding hydrogens is 442 g/mol. The van der Waals surface area contributed by atoms with Crippen LogP contribution < -0.4 is 0 Å². The minimum absolute atomic E-state index is 0.0686. The number of benzene rings is 3. The van der Waals surface area contributed by atoms with Gasteiger partial charge in [-0.25, -0.2) is 4.79 Å². The fourth-order valence-corrected chi connectivity index (χ4v) is 5.01. The predicted molar refractivity (Wildman–Crippen MR) is 131 cm³/mol. The molecule has 35 heavy (non-hydrogen) atoms. The maximum atomic E-state index is 13.2. The quantitative estimate of drug-likeness (QED) is 0.317. The molecule has 2 N–H and O–H groups in total. The summed E-state index contributed by atoms with van der Waals surface area (Å²) in [6.07, 6.45) is 4.17. The Hall–Kier alpha value is -4.19. The van der Waals surface area contributed by atoms with Gasteiger partial charge in [-0.1, -0.05) is 54.6 Å². The van der Waals surface area contributed by atoms with Gasteiger partial charge in [0.25, 0.3) is 11.7 Å². The van der Waals surface area contributed by atoms with Crippen molar-refractivity contribution in [3.8, 4) is 0 Å². The van der Waals surface area contributed by atoms with Crippen LogP contribution >= 0.6 is 0 Å². The summed E-state index contributed by atoms with van der Waals surface area (Å²) in [5.41, 5.74) is 4.58. The summed E-state index contributed by atoms with van der Waals surface area (Å²) in [6, 6.07) is 20.4. The van der Waals surface area contributed by atoms with Gasteiger partial charge in [-0.2, -0.15) is 0 Å². The highest BCUT2D eigenvalue weighted by Gasteiger charge is 2.46. The molecule has 5 rings (SSSR count). The minimum Gasteiger partial charge on any atom is -0.507 e. The van der Waals surface area contributed by atoms with Gasteiger partial charge >= 0.3 is 5.97 Å². The van der Waals surface area contributed by atoms with Gasteiger partial charge in [0.05, 0.1) is 17.2 Å². The number of Topliss-reactive ketones (excluding diaryl/α,β-unsaturated/α-hetero) is 1. The zero-order valence-corrected chi connectivity index (χ0v) is 19.1. The van der Waals surface area contributed by atoms with E-state index < -0.39 is 23.7 Å². The fourth-order valence-electron chi connectivity index (χ4n) is 5.01. The van der Waals surface area contributed by atoms with Crippen molar-refractivity contribution >= 4 is 23.4 Å². The summed E-state index contributed by atoms with van der Waals surface area (Å²) in [5.74, 6) is -2.63. The largest absolute Gasteiger partial charge is 0.507 e. The molecule has 0 aromatic heterocycles. The smallest absolute Gasteiger partial charge is 0.335 e. The Morgan fingerprint density at radius 3 is 2.17 bits per heavy atom. The van der Waals surface area contributed by atoms with Crippen LogP contribution in [0.3, 0.4) is 0 Å². The van der Waals surface area contributed by atoms with Gasteiger partial charge in [-0.3, -0.25) is 9.59 Å². The van der Waals surface area contributed by atoms with Crippen LogP contribution in [-0.4, -0.2) is 32.8 Å². The van der Waals surface area contributed by atoms with E-state index in [1.54, 1.807) is 12.1 Å². The standard InChI is InChI=1S/C29H25NO5/c31-26(23-15-14-19-6-4-5-9-22(19)16-23)24-25(20-7-2-1-3-8-20)30(28(33)27(24)32)17-18-10-12-21(13-11-18)29(34)35/h1-3,7-8,10-16,25,31H,4-6,9,17H2,(H,34,35)/b26-24-. The zero-order valence-electron chi connectivity index (χ0n) is 19.1. The number of carbonyl (C=O) groups excluding carboxylic acids is 2. The number of ketones is 1. The molecule has 0 radical (unpaired) electrons.